The van der Waals surface area contributed by atoms with Crippen LogP contribution >= 0.6 is 0 Å². The van der Waals surface area contributed by atoms with Crippen molar-refractivity contribution in [2.24, 2.45) is 5.92 Å². The summed E-state index contributed by atoms with van der Waals surface area (Å²) in [6.07, 6.45) is -1.55. The highest BCUT2D eigenvalue weighted by molar-refractivity contribution is 5.91. The first-order valence-corrected chi connectivity index (χ1v) is 7.32. The highest BCUT2D eigenvalue weighted by atomic mass is 19.4. The minimum atomic E-state index is -4.63. The number of carbonyl (C=O) groups is 2. The highest BCUT2D eigenvalue weighted by Gasteiger charge is 2.38. The SMILES string of the molecule is CCCCC(CC)COC(=O)/C=C/C(=O)OC(C)C(F)(F)F. The molecule has 0 aliphatic rings. The molecule has 2 atom stereocenters. The number of hydrogen-bond donors (Lipinski definition) is 0. The van der Waals surface area contributed by atoms with Crippen LogP contribution in [0.2, 0.25) is 0 Å². The predicted octanol–water partition coefficient (Wildman–Crippen LogP) is 3.80. The maximum absolute atomic E-state index is 12.2. The zero-order valence-corrected chi connectivity index (χ0v) is 13.1. The standard InChI is InChI=1S/C15H23F3O4/c1-4-6-7-12(5-2)10-21-13(19)8-9-14(20)22-11(3)15(16,17)18/h8-9,11-12H,4-7,10H2,1-3H3/b9-8+. The molecule has 0 saturated heterocycles. The Kier molecular flexibility index (Phi) is 9.53. The van der Waals surface area contributed by atoms with Gasteiger partial charge in [0.25, 0.3) is 0 Å². The largest absolute Gasteiger partial charge is 0.462 e. The van der Waals surface area contributed by atoms with E-state index in [-0.39, 0.29) is 12.5 Å². The Morgan fingerprint density at radius 3 is 2.23 bits per heavy atom. The van der Waals surface area contributed by atoms with Gasteiger partial charge in [-0.1, -0.05) is 33.1 Å². The van der Waals surface area contributed by atoms with Gasteiger partial charge in [0.2, 0.25) is 0 Å². The molecule has 128 valence electrons. The lowest BCUT2D eigenvalue weighted by Crippen LogP contribution is -2.30. The topological polar surface area (TPSA) is 52.6 Å². The van der Waals surface area contributed by atoms with Gasteiger partial charge in [-0.25, -0.2) is 9.59 Å². The number of esters is 2. The van der Waals surface area contributed by atoms with Crippen LogP contribution < -0.4 is 0 Å². The molecule has 0 fully saturated rings. The van der Waals surface area contributed by atoms with Gasteiger partial charge in [-0.15, -0.1) is 0 Å². The Morgan fingerprint density at radius 1 is 1.14 bits per heavy atom. The van der Waals surface area contributed by atoms with Gasteiger partial charge in [0.05, 0.1) is 6.61 Å². The Bertz CT molecular complexity index is 377. The molecular formula is C15H23F3O4. The maximum Gasteiger partial charge on any atom is 0.425 e. The lowest BCUT2D eigenvalue weighted by molar-refractivity contribution is -0.213. The first kappa shape index (κ1) is 20.5. The van der Waals surface area contributed by atoms with Gasteiger partial charge in [0, 0.05) is 12.2 Å². The first-order chi connectivity index (χ1) is 10.2. The number of unbranched alkanes of at least 4 members (excludes halogenated alkanes) is 1. The van der Waals surface area contributed by atoms with E-state index >= 15 is 0 Å². The van der Waals surface area contributed by atoms with Crippen molar-refractivity contribution >= 4 is 11.9 Å². The number of rotatable bonds is 9. The summed E-state index contributed by atoms with van der Waals surface area (Å²) in [5.74, 6) is -1.76. The summed E-state index contributed by atoms with van der Waals surface area (Å²) in [5.41, 5.74) is 0. The van der Waals surface area contributed by atoms with Crippen molar-refractivity contribution in [2.45, 2.75) is 58.7 Å². The first-order valence-electron chi connectivity index (χ1n) is 7.32. The Labute approximate surface area is 128 Å². The molecular weight excluding hydrogens is 301 g/mol. The number of hydrogen-bond acceptors (Lipinski definition) is 4. The van der Waals surface area contributed by atoms with Crippen LogP contribution in [0.3, 0.4) is 0 Å². The molecule has 0 rings (SSSR count). The summed E-state index contributed by atoms with van der Waals surface area (Å²) >= 11 is 0. The van der Waals surface area contributed by atoms with Crippen molar-refractivity contribution in [3.05, 3.63) is 12.2 Å². The summed E-state index contributed by atoms with van der Waals surface area (Å²) in [6, 6.07) is 0. The van der Waals surface area contributed by atoms with E-state index in [4.69, 9.17) is 4.74 Å². The molecule has 0 aliphatic heterocycles. The molecule has 0 radical (unpaired) electrons. The lowest BCUT2D eigenvalue weighted by atomic mass is 10.0. The Balaban J connectivity index is 4.16. The summed E-state index contributed by atoms with van der Waals surface area (Å²) in [4.78, 5) is 22.5. The highest BCUT2D eigenvalue weighted by Crippen LogP contribution is 2.22. The second-order valence-corrected chi connectivity index (χ2v) is 5.00. The van der Waals surface area contributed by atoms with E-state index in [1.54, 1.807) is 0 Å². The third kappa shape index (κ3) is 9.41. The van der Waals surface area contributed by atoms with Crippen LogP contribution in [0, 0.1) is 5.92 Å². The van der Waals surface area contributed by atoms with Crippen molar-refractivity contribution in [1.82, 2.24) is 0 Å². The third-order valence-electron chi connectivity index (χ3n) is 3.11. The molecule has 0 aromatic heterocycles. The maximum atomic E-state index is 12.2. The molecule has 0 aromatic rings. The van der Waals surface area contributed by atoms with Crippen LogP contribution in [-0.2, 0) is 19.1 Å². The average Bonchev–Trinajstić information content (AvgIpc) is 2.44. The van der Waals surface area contributed by atoms with Crippen LogP contribution in [0.25, 0.3) is 0 Å². The fraction of sp³-hybridized carbons (Fsp3) is 0.733. The fourth-order valence-corrected chi connectivity index (χ4v) is 1.56. The van der Waals surface area contributed by atoms with Gasteiger partial charge < -0.3 is 9.47 Å². The van der Waals surface area contributed by atoms with Gasteiger partial charge in [0.15, 0.2) is 6.10 Å². The monoisotopic (exact) mass is 324 g/mol. The van der Waals surface area contributed by atoms with Gasteiger partial charge in [-0.05, 0) is 19.3 Å². The van der Waals surface area contributed by atoms with Crippen molar-refractivity contribution in [1.29, 1.82) is 0 Å². The van der Waals surface area contributed by atoms with Crippen molar-refractivity contribution < 1.29 is 32.2 Å². The quantitative estimate of drug-likeness (QED) is 0.478. The average molecular weight is 324 g/mol. The molecule has 4 nitrogen and oxygen atoms in total. The zero-order valence-electron chi connectivity index (χ0n) is 13.1. The van der Waals surface area contributed by atoms with Crippen molar-refractivity contribution in [2.75, 3.05) is 6.61 Å². The normalized spacial score (nSPS) is 14.6. The number of carbonyl (C=O) groups excluding carboxylic acids is 2. The van der Waals surface area contributed by atoms with Gasteiger partial charge >= 0.3 is 18.1 Å². The molecule has 0 N–H and O–H groups in total. The van der Waals surface area contributed by atoms with Crippen molar-refractivity contribution in [3.8, 4) is 0 Å². The molecule has 0 aromatic carbocycles. The molecule has 0 amide bonds. The molecule has 0 saturated carbocycles. The predicted molar refractivity (Wildman–Crippen MR) is 75.0 cm³/mol. The summed E-state index contributed by atoms with van der Waals surface area (Å²) < 4.78 is 45.6. The van der Waals surface area contributed by atoms with E-state index in [0.717, 1.165) is 31.8 Å². The molecule has 2 unspecified atom stereocenters. The smallest absolute Gasteiger partial charge is 0.425 e. The van der Waals surface area contributed by atoms with E-state index in [2.05, 4.69) is 11.7 Å². The summed E-state index contributed by atoms with van der Waals surface area (Å²) in [7, 11) is 0. The molecule has 0 aliphatic carbocycles. The number of alkyl halides is 3. The number of ether oxygens (including phenoxy) is 2. The zero-order chi connectivity index (χ0) is 17.2. The Morgan fingerprint density at radius 2 is 1.73 bits per heavy atom. The van der Waals surface area contributed by atoms with E-state index in [9.17, 15) is 22.8 Å². The van der Waals surface area contributed by atoms with Gasteiger partial charge in [0.1, 0.15) is 0 Å². The molecule has 0 heterocycles. The summed E-state index contributed by atoms with van der Waals surface area (Å²) in [5, 5.41) is 0. The van der Waals surface area contributed by atoms with E-state index in [0.29, 0.717) is 13.0 Å². The van der Waals surface area contributed by atoms with Gasteiger partial charge in [-0.3, -0.25) is 0 Å². The summed E-state index contributed by atoms with van der Waals surface area (Å²) in [6.45, 7) is 4.99. The third-order valence-corrected chi connectivity index (χ3v) is 3.11. The van der Waals surface area contributed by atoms with Crippen LogP contribution in [0.5, 0.6) is 0 Å². The van der Waals surface area contributed by atoms with Crippen molar-refractivity contribution in [3.63, 3.8) is 0 Å². The van der Waals surface area contributed by atoms with E-state index in [1.165, 1.54) is 0 Å². The van der Waals surface area contributed by atoms with E-state index < -0.39 is 24.2 Å². The molecule has 22 heavy (non-hydrogen) atoms. The second-order valence-electron chi connectivity index (χ2n) is 5.00. The van der Waals surface area contributed by atoms with Crippen LogP contribution in [-0.4, -0.2) is 30.8 Å². The van der Waals surface area contributed by atoms with Crippen LogP contribution in [0.1, 0.15) is 46.5 Å². The number of halogens is 3. The van der Waals surface area contributed by atoms with Crippen LogP contribution in [0.15, 0.2) is 12.2 Å². The second kappa shape index (κ2) is 10.2. The van der Waals surface area contributed by atoms with E-state index in [1.807, 2.05) is 6.92 Å². The van der Waals surface area contributed by atoms with Crippen LogP contribution in [0.4, 0.5) is 13.2 Å². The minimum absolute atomic E-state index is 0.230. The van der Waals surface area contributed by atoms with Gasteiger partial charge in [-0.2, -0.15) is 13.2 Å². The minimum Gasteiger partial charge on any atom is -0.462 e. The fourth-order valence-electron chi connectivity index (χ4n) is 1.56. The molecule has 0 bridgehead atoms. The Hall–Kier alpha value is -1.53. The molecule has 7 heteroatoms. The molecule has 0 spiro atoms. The lowest BCUT2D eigenvalue weighted by Gasteiger charge is -2.15.